The second-order valence-electron chi connectivity index (χ2n) is 4.78. The van der Waals surface area contributed by atoms with E-state index in [-0.39, 0.29) is 17.5 Å². The van der Waals surface area contributed by atoms with E-state index in [0.29, 0.717) is 16.4 Å². The normalized spacial score (nSPS) is 12.8. The minimum Gasteiger partial charge on any atom is -0.388 e. The fourth-order valence-corrected chi connectivity index (χ4v) is 2.41. The molecule has 1 aromatic heterocycles. The lowest BCUT2D eigenvalue weighted by atomic mass is 10.0. The topological polar surface area (TPSA) is 38.1 Å². The molecule has 1 unspecified atom stereocenters. The number of rotatable bonds is 3. The number of hydrogen-bond donors (Lipinski definition) is 1. The van der Waals surface area contributed by atoms with Gasteiger partial charge in [0, 0.05) is 13.5 Å². The molecule has 0 aliphatic heterocycles. The molecule has 3 nitrogen and oxygen atoms in total. The molecular weight excluding hydrogens is 286 g/mol. The molecule has 1 atom stereocenters. The fourth-order valence-electron chi connectivity index (χ4n) is 2.17. The average Bonchev–Trinajstić information content (AvgIpc) is 2.61. The van der Waals surface area contributed by atoms with E-state index >= 15 is 0 Å². The van der Waals surface area contributed by atoms with E-state index in [1.54, 1.807) is 14.0 Å². The predicted octanol–water partition coefficient (Wildman–Crippen LogP) is 3.24. The van der Waals surface area contributed by atoms with Crippen molar-refractivity contribution in [3.05, 3.63) is 51.3 Å². The van der Waals surface area contributed by atoms with Gasteiger partial charge in [0.1, 0.15) is 11.6 Å². The summed E-state index contributed by atoms with van der Waals surface area (Å²) in [6.45, 7) is 3.25. The molecule has 1 N–H and O–H groups in total. The highest BCUT2D eigenvalue weighted by Gasteiger charge is 2.23. The van der Waals surface area contributed by atoms with E-state index in [9.17, 15) is 13.9 Å². The molecule has 0 spiro atoms. The van der Waals surface area contributed by atoms with Gasteiger partial charge in [-0.1, -0.05) is 17.7 Å². The Kier molecular flexibility index (Phi) is 4.11. The first-order chi connectivity index (χ1) is 9.32. The molecular formula is C14H15ClF2N2O. The van der Waals surface area contributed by atoms with Gasteiger partial charge in [-0.05, 0) is 25.5 Å². The SMILES string of the molecule is Cc1ccc(F)c(C(O)Cc2c(Cl)c(C)nn2C)c1F. The number of aryl methyl sites for hydroxylation is 3. The van der Waals surface area contributed by atoms with Crippen LogP contribution in [0.1, 0.15) is 28.6 Å². The van der Waals surface area contributed by atoms with Crippen molar-refractivity contribution in [2.24, 2.45) is 7.05 Å². The molecule has 2 aromatic rings. The van der Waals surface area contributed by atoms with Gasteiger partial charge in [-0.2, -0.15) is 5.10 Å². The molecule has 1 aromatic carbocycles. The summed E-state index contributed by atoms with van der Waals surface area (Å²) >= 11 is 6.07. The maximum Gasteiger partial charge on any atom is 0.134 e. The first kappa shape index (κ1) is 14.9. The van der Waals surface area contributed by atoms with Crippen LogP contribution < -0.4 is 0 Å². The lowest BCUT2D eigenvalue weighted by molar-refractivity contribution is 0.165. The minimum absolute atomic E-state index is 0.00648. The number of aliphatic hydroxyl groups excluding tert-OH is 1. The van der Waals surface area contributed by atoms with Crippen LogP contribution in [-0.2, 0) is 13.5 Å². The quantitative estimate of drug-likeness (QED) is 0.945. The zero-order valence-electron chi connectivity index (χ0n) is 11.4. The van der Waals surface area contributed by atoms with E-state index in [2.05, 4.69) is 5.10 Å². The largest absolute Gasteiger partial charge is 0.388 e. The summed E-state index contributed by atoms with van der Waals surface area (Å²) in [5.74, 6) is -1.50. The van der Waals surface area contributed by atoms with Crippen molar-refractivity contribution >= 4 is 11.6 Å². The molecule has 20 heavy (non-hydrogen) atoms. The highest BCUT2D eigenvalue weighted by Crippen LogP contribution is 2.29. The summed E-state index contributed by atoms with van der Waals surface area (Å²) in [5.41, 5.74) is 1.10. The standard InChI is InChI=1S/C14H15ClF2N2O/c1-7-4-5-9(16)12(14(7)17)11(20)6-10-13(15)8(2)18-19(10)3/h4-5,11,20H,6H2,1-3H3. The number of aromatic nitrogens is 2. The number of halogens is 3. The molecule has 0 amide bonds. The van der Waals surface area contributed by atoms with Gasteiger partial charge in [0.2, 0.25) is 0 Å². The average molecular weight is 301 g/mol. The zero-order valence-corrected chi connectivity index (χ0v) is 12.2. The maximum atomic E-state index is 14.0. The van der Waals surface area contributed by atoms with Gasteiger partial charge >= 0.3 is 0 Å². The van der Waals surface area contributed by atoms with Crippen LogP contribution in [0.15, 0.2) is 12.1 Å². The van der Waals surface area contributed by atoms with Crippen LogP contribution in [0.2, 0.25) is 5.02 Å². The Hall–Kier alpha value is -1.46. The molecule has 108 valence electrons. The molecule has 1 heterocycles. The lowest BCUT2D eigenvalue weighted by Crippen LogP contribution is -2.11. The third kappa shape index (κ3) is 2.55. The Balaban J connectivity index is 2.38. The summed E-state index contributed by atoms with van der Waals surface area (Å²) in [7, 11) is 1.67. The van der Waals surface area contributed by atoms with Crippen molar-refractivity contribution < 1.29 is 13.9 Å². The van der Waals surface area contributed by atoms with Crippen LogP contribution in [0.5, 0.6) is 0 Å². The Morgan fingerprint density at radius 3 is 2.55 bits per heavy atom. The van der Waals surface area contributed by atoms with E-state index in [1.807, 2.05) is 0 Å². The number of hydrogen-bond acceptors (Lipinski definition) is 2. The molecule has 0 radical (unpaired) electrons. The molecule has 0 aliphatic carbocycles. The second-order valence-corrected chi connectivity index (χ2v) is 5.16. The van der Waals surface area contributed by atoms with Crippen molar-refractivity contribution in [3.63, 3.8) is 0 Å². The summed E-state index contributed by atoms with van der Waals surface area (Å²) < 4.78 is 29.2. The first-order valence-corrected chi connectivity index (χ1v) is 6.51. The smallest absolute Gasteiger partial charge is 0.134 e. The minimum atomic E-state index is -1.32. The third-order valence-electron chi connectivity index (χ3n) is 3.30. The monoisotopic (exact) mass is 300 g/mol. The van der Waals surface area contributed by atoms with Gasteiger partial charge in [-0.15, -0.1) is 0 Å². The first-order valence-electron chi connectivity index (χ1n) is 6.13. The number of benzene rings is 1. The van der Waals surface area contributed by atoms with Crippen LogP contribution >= 0.6 is 11.6 Å². The van der Waals surface area contributed by atoms with Gasteiger partial charge in [0.25, 0.3) is 0 Å². The molecule has 0 bridgehead atoms. The molecule has 0 fully saturated rings. The van der Waals surface area contributed by atoms with Crippen LogP contribution in [0, 0.1) is 25.5 Å². The highest BCUT2D eigenvalue weighted by molar-refractivity contribution is 6.31. The lowest BCUT2D eigenvalue weighted by Gasteiger charge is -2.14. The predicted molar refractivity (Wildman–Crippen MR) is 72.7 cm³/mol. The van der Waals surface area contributed by atoms with Gasteiger partial charge in [0.15, 0.2) is 0 Å². The fraction of sp³-hybridized carbons (Fsp3) is 0.357. The summed E-state index contributed by atoms with van der Waals surface area (Å²) in [5, 5.41) is 14.6. The van der Waals surface area contributed by atoms with Crippen molar-refractivity contribution in [1.82, 2.24) is 9.78 Å². The van der Waals surface area contributed by atoms with E-state index in [1.165, 1.54) is 17.7 Å². The molecule has 0 aliphatic rings. The molecule has 0 saturated carbocycles. The highest BCUT2D eigenvalue weighted by atomic mass is 35.5. The Morgan fingerprint density at radius 1 is 1.35 bits per heavy atom. The van der Waals surface area contributed by atoms with E-state index < -0.39 is 17.7 Å². The van der Waals surface area contributed by atoms with Gasteiger partial charge in [-0.25, -0.2) is 8.78 Å². The number of aliphatic hydroxyl groups is 1. The van der Waals surface area contributed by atoms with Crippen molar-refractivity contribution in [3.8, 4) is 0 Å². The third-order valence-corrected chi connectivity index (χ3v) is 3.79. The van der Waals surface area contributed by atoms with Crippen LogP contribution in [0.3, 0.4) is 0 Å². The number of nitrogens with zero attached hydrogens (tertiary/aromatic N) is 2. The Morgan fingerprint density at radius 2 is 2.00 bits per heavy atom. The second kappa shape index (κ2) is 5.50. The summed E-state index contributed by atoms with van der Waals surface area (Å²) in [4.78, 5) is 0. The molecule has 2 rings (SSSR count). The maximum absolute atomic E-state index is 14.0. The Bertz CT molecular complexity index is 655. The van der Waals surface area contributed by atoms with Crippen LogP contribution in [0.25, 0.3) is 0 Å². The summed E-state index contributed by atoms with van der Waals surface area (Å²) in [6, 6.07) is 2.48. The summed E-state index contributed by atoms with van der Waals surface area (Å²) in [6.07, 6.45) is -1.32. The zero-order chi connectivity index (χ0) is 15.0. The van der Waals surface area contributed by atoms with Gasteiger partial charge in [0.05, 0.1) is 28.1 Å². The molecule has 6 heteroatoms. The van der Waals surface area contributed by atoms with Gasteiger partial charge < -0.3 is 5.11 Å². The molecule has 0 saturated heterocycles. The Labute approximate surface area is 120 Å². The van der Waals surface area contributed by atoms with Crippen molar-refractivity contribution in [1.29, 1.82) is 0 Å². The van der Waals surface area contributed by atoms with Crippen LogP contribution in [0.4, 0.5) is 8.78 Å². The van der Waals surface area contributed by atoms with E-state index in [0.717, 1.165) is 6.07 Å². The van der Waals surface area contributed by atoms with E-state index in [4.69, 9.17) is 11.6 Å². The van der Waals surface area contributed by atoms with Crippen LogP contribution in [-0.4, -0.2) is 14.9 Å². The van der Waals surface area contributed by atoms with Gasteiger partial charge in [-0.3, -0.25) is 4.68 Å². The van der Waals surface area contributed by atoms with Crippen molar-refractivity contribution in [2.45, 2.75) is 26.4 Å². The van der Waals surface area contributed by atoms with Crippen molar-refractivity contribution in [2.75, 3.05) is 0 Å².